The van der Waals surface area contributed by atoms with Gasteiger partial charge in [0, 0.05) is 13.8 Å². The van der Waals surface area contributed by atoms with Crippen molar-refractivity contribution in [2.24, 2.45) is 0 Å². The Balaban J connectivity index is 3.31. The van der Waals surface area contributed by atoms with Crippen LogP contribution in [0.4, 0.5) is 0 Å². The topological polar surface area (TPSA) is 0 Å². The highest BCUT2D eigenvalue weighted by molar-refractivity contribution is 9.11. The molecule has 0 unspecified atom stereocenters. The summed E-state index contributed by atoms with van der Waals surface area (Å²) in [6, 6.07) is 3.72. The van der Waals surface area contributed by atoms with Gasteiger partial charge in [-0.3, -0.25) is 0 Å². The molecule has 0 aromatic heterocycles. The van der Waals surface area contributed by atoms with E-state index < -0.39 is 0 Å². The Morgan fingerprint density at radius 1 is 1.30 bits per heavy atom. The quantitative estimate of drug-likeness (QED) is 0.540. The Labute approximate surface area is 86.6 Å². The van der Waals surface area contributed by atoms with Gasteiger partial charge in [-0.1, -0.05) is 27.5 Å². The fourth-order valence-electron chi connectivity index (χ4n) is 0.542. The molecule has 0 heterocycles. The zero-order chi connectivity index (χ0) is 7.72. The second-order valence-corrected chi connectivity index (χ2v) is 4.35. The minimum atomic E-state index is 0.645. The summed E-state index contributed by atoms with van der Waals surface area (Å²) in [7, 11) is 0. The van der Waals surface area contributed by atoms with Crippen molar-refractivity contribution in [2.75, 3.05) is 0 Å². The van der Waals surface area contributed by atoms with E-state index in [0.717, 1.165) is 13.8 Å². The highest BCUT2D eigenvalue weighted by Gasteiger charge is 2.01. The average molecular weight is 302 g/mol. The molecule has 1 aromatic carbocycles. The molecule has 0 nitrogen and oxygen atoms in total. The third kappa shape index (κ3) is 1.91. The van der Waals surface area contributed by atoms with Crippen molar-refractivity contribution >= 4 is 56.1 Å². The van der Waals surface area contributed by atoms with Crippen LogP contribution in [0.15, 0.2) is 26.0 Å². The maximum atomic E-state index is 5.81. The van der Waals surface area contributed by atoms with Gasteiger partial charge in [-0.05, 0) is 28.1 Å². The molecule has 1 rings (SSSR count). The van der Waals surface area contributed by atoms with Crippen molar-refractivity contribution in [1.29, 1.82) is 0 Å². The van der Waals surface area contributed by atoms with E-state index in [0.29, 0.717) is 5.02 Å². The summed E-state index contributed by atoms with van der Waals surface area (Å²) in [5, 5.41) is 0.645. The highest BCUT2D eigenvalue weighted by atomic mass is 79.9. The van der Waals surface area contributed by atoms with Crippen LogP contribution < -0.4 is 0 Å². The SMILES string of the molecule is Sc1cc(Br)cc(Br)c1Cl. The van der Waals surface area contributed by atoms with Crippen LogP contribution in [-0.2, 0) is 0 Å². The molecule has 54 valence electrons. The van der Waals surface area contributed by atoms with Crippen LogP contribution in [0.2, 0.25) is 5.02 Å². The van der Waals surface area contributed by atoms with Crippen molar-refractivity contribution < 1.29 is 0 Å². The maximum Gasteiger partial charge on any atom is 0.0682 e. The molecule has 0 saturated heterocycles. The molecule has 0 N–H and O–H groups in total. The molecule has 0 radical (unpaired) electrons. The van der Waals surface area contributed by atoms with Crippen LogP contribution in [0.5, 0.6) is 0 Å². The smallest absolute Gasteiger partial charge is 0.0682 e. The van der Waals surface area contributed by atoms with E-state index in [9.17, 15) is 0 Å². The first-order valence-electron chi connectivity index (χ1n) is 2.45. The molecule has 0 aliphatic heterocycles. The lowest BCUT2D eigenvalue weighted by Crippen LogP contribution is -1.72. The van der Waals surface area contributed by atoms with Crippen LogP contribution in [0.25, 0.3) is 0 Å². The summed E-state index contributed by atoms with van der Waals surface area (Å²) < 4.78 is 1.82. The minimum Gasteiger partial charge on any atom is -0.142 e. The van der Waals surface area contributed by atoms with Crippen molar-refractivity contribution in [1.82, 2.24) is 0 Å². The standard InChI is InChI=1S/C6H3Br2ClS/c7-3-1-4(8)6(9)5(10)2-3/h1-2,10H. The molecule has 0 aliphatic rings. The van der Waals surface area contributed by atoms with E-state index in [1.54, 1.807) is 0 Å². The second kappa shape index (κ2) is 3.48. The summed E-state index contributed by atoms with van der Waals surface area (Å²) >= 11 is 16.5. The van der Waals surface area contributed by atoms with Gasteiger partial charge in [-0.2, -0.15) is 0 Å². The number of benzene rings is 1. The maximum absolute atomic E-state index is 5.81. The van der Waals surface area contributed by atoms with Crippen molar-refractivity contribution in [3.8, 4) is 0 Å². The third-order valence-corrected chi connectivity index (χ3v) is 3.18. The lowest BCUT2D eigenvalue weighted by atomic mass is 10.4. The van der Waals surface area contributed by atoms with Gasteiger partial charge in [0.25, 0.3) is 0 Å². The number of halogens is 3. The van der Waals surface area contributed by atoms with Crippen LogP contribution >= 0.6 is 56.1 Å². The zero-order valence-electron chi connectivity index (χ0n) is 4.74. The molecule has 0 saturated carbocycles. The fraction of sp³-hybridized carbons (Fsp3) is 0. The molecular formula is C6H3Br2ClS. The molecule has 0 fully saturated rings. The van der Waals surface area contributed by atoms with Crippen LogP contribution in [0.1, 0.15) is 0 Å². The van der Waals surface area contributed by atoms with E-state index in [1.165, 1.54) is 0 Å². The number of hydrogen-bond acceptors (Lipinski definition) is 1. The van der Waals surface area contributed by atoms with Gasteiger partial charge in [0.05, 0.1) is 5.02 Å². The summed E-state index contributed by atoms with van der Waals surface area (Å²) in [5.41, 5.74) is 0. The van der Waals surface area contributed by atoms with E-state index in [-0.39, 0.29) is 0 Å². The van der Waals surface area contributed by atoms with Gasteiger partial charge in [-0.15, -0.1) is 12.6 Å². The molecular weight excluding hydrogens is 299 g/mol. The Bertz CT molecular complexity index is 239. The molecule has 0 spiro atoms. The molecule has 0 amide bonds. The lowest BCUT2D eigenvalue weighted by Gasteiger charge is -1.99. The van der Waals surface area contributed by atoms with E-state index in [2.05, 4.69) is 44.5 Å². The average Bonchev–Trinajstić information content (AvgIpc) is 1.82. The zero-order valence-corrected chi connectivity index (χ0v) is 9.56. The molecule has 1 aromatic rings. The normalized spacial score (nSPS) is 10.0. The number of thiol groups is 1. The van der Waals surface area contributed by atoms with Crippen molar-refractivity contribution in [2.45, 2.75) is 4.90 Å². The van der Waals surface area contributed by atoms with Crippen LogP contribution in [-0.4, -0.2) is 0 Å². The van der Waals surface area contributed by atoms with Gasteiger partial charge in [0.15, 0.2) is 0 Å². The van der Waals surface area contributed by atoms with E-state index in [4.69, 9.17) is 11.6 Å². The van der Waals surface area contributed by atoms with Gasteiger partial charge in [-0.25, -0.2) is 0 Å². The monoisotopic (exact) mass is 300 g/mol. The largest absolute Gasteiger partial charge is 0.142 e. The first-order valence-corrected chi connectivity index (χ1v) is 4.86. The van der Waals surface area contributed by atoms with Crippen molar-refractivity contribution in [3.05, 3.63) is 26.1 Å². The highest BCUT2D eigenvalue weighted by Crippen LogP contribution is 2.31. The summed E-state index contributed by atoms with van der Waals surface area (Å²) in [6.45, 7) is 0. The molecule has 0 bridgehead atoms. The van der Waals surface area contributed by atoms with Crippen LogP contribution in [0.3, 0.4) is 0 Å². The Kier molecular flexibility index (Phi) is 3.10. The van der Waals surface area contributed by atoms with Gasteiger partial charge in [0.2, 0.25) is 0 Å². The Hall–Kier alpha value is 0.820. The first-order chi connectivity index (χ1) is 4.61. The predicted octanol–water partition coefficient (Wildman–Crippen LogP) is 4.15. The van der Waals surface area contributed by atoms with Crippen molar-refractivity contribution in [3.63, 3.8) is 0 Å². The van der Waals surface area contributed by atoms with E-state index >= 15 is 0 Å². The van der Waals surface area contributed by atoms with Gasteiger partial charge >= 0.3 is 0 Å². The number of hydrogen-bond donors (Lipinski definition) is 1. The Morgan fingerprint density at radius 3 is 2.40 bits per heavy atom. The van der Waals surface area contributed by atoms with Gasteiger partial charge in [0.1, 0.15) is 0 Å². The van der Waals surface area contributed by atoms with E-state index in [1.807, 2.05) is 12.1 Å². The molecule has 0 aliphatic carbocycles. The third-order valence-electron chi connectivity index (χ3n) is 0.974. The summed E-state index contributed by atoms with van der Waals surface area (Å²) in [4.78, 5) is 0.767. The summed E-state index contributed by atoms with van der Waals surface area (Å²) in [5.74, 6) is 0. The molecule has 4 heteroatoms. The minimum absolute atomic E-state index is 0.645. The molecule has 10 heavy (non-hydrogen) atoms. The second-order valence-electron chi connectivity index (χ2n) is 1.72. The fourth-order valence-corrected chi connectivity index (χ4v) is 2.47. The van der Waals surface area contributed by atoms with Gasteiger partial charge < -0.3 is 0 Å². The predicted molar refractivity (Wildman–Crippen MR) is 54.1 cm³/mol. The molecule has 0 atom stereocenters. The first kappa shape index (κ1) is 8.91. The lowest BCUT2D eigenvalue weighted by molar-refractivity contribution is 1.42. The number of rotatable bonds is 0. The van der Waals surface area contributed by atoms with Crippen LogP contribution in [0, 0.1) is 0 Å². The Morgan fingerprint density at radius 2 is 1.90 bits per heavy atom. The summed E-state index contributed by atoms with van der Waals surface area (Å²) in [6.07, 6.45) is 0.